The normalized spacial score (nSPS) is 17.8. The minimum absolute atomic E-state index is 0.0260. The van der Waals surface area contributed by atoms with Crippen LogP contribution in [0.15, 0.2) is 18.2 Å². The lowest BCUT2D eigenvalue weighted by Crippen LogP contribution is -2.32. The Bertz CT molecular complexity index is 825. The van der Waals surface area contributed by atoms with E-state index in [-0.39, 0.29) is 23.3 Å². The number of nitrogens with two attached hydrogens (primary N) is 2. The van der Waals surface area contributed by atoms with Crippen molar-refractivity contribution >= 4 is 29.3 Å². The Morgan fingerprint density at radius 3 is 2.85 bits per heavy atom. The minimum Gasteiger partial charge on any atom is -0.507 e. The van der Waals surface area contributed by atoms with Crippen LogP contribution in [-0.2, 0) is 4.74 Å². The number of aryl methyl sites for hydroxylation is 1. The molecule has 1 fully saturated rings. The van der Waals surface area contributed by atoms with Crippen LogP contribution in [0.4, 0.5) is 11.8 Å². The zero-order chi connectivity index (χ0) is 18.8. The van der Waals surface area contributed by atoms with E-state index in [1.807, 2.05) is 17.9 Å². The number of carbonyl (C=O) groups is 1. The number of rotatable bonds is 3. The number of nitrogens with zero attached hydrogens (tertiary/aromatic N) is 3. The summed E-state index contributed by atoms with van der Waals surface area (Å²) in [4.78, 5) is 21.9. The van der Waals surface area contributed by atoms with Gasteiger partial charge in [0, 0.05) is 29.9 Å². The van der Waals surface area contributed by atoms with Gasteiger partial charge in [-0.1, -0.05) is 11.6 Å². The van der Waals surface area contributed by atoms with E-state index in [0.29, 0.717) is 36.2 Å². The Hall–Kier alpha value is -2.58. The smallest absolute Gasteiger partial charge is 0.252 e. The highest BCUT2D eigenvalue weighted by Gasteiger charge is 2.28. The number of hydrogen-bond donors (Lipinski definition) is 3. The molecular formula is C17H20ClN5O3. The third-order valence-corrected chi connectivity index (χ3v) is 4.56. The molecule has 0 radical (unpaired) electrons. The largest absolute Gasteiger partial charge is 0.507 e. The van der Waals surface area contributed by atoms with E-state index in [0.717, 1.165) is 12.1 Å². The number of ether oxygens (including phenoxy) is 1. The number of amides is 1. The van der Waals surface area contributed by atoms with Gasteiger partial charge in [-0.05, 0) is 31.0 Å². The second kappa shape index (κ2) is 7.35. The molecular weight excluding hydrogens is 358 g/mol. The molecule has 0 aliphatic carbocycles. The second-order valence-corrected chi connectivity index (χ2v) is 6.53. The lowest BCUT2D eigenvalue weighted by atomic mass is 10.0. The molecule has 9 heteroatoms. The Morgan fingerprint density at radius 1 is 1.38 bits per heavy atom. The summed E-state index contributed by atoms with van der Waals surface area (Å²) in [5.74, 6) is -0.134. The number of anilines is 2. The van der Waals surface area contributed by atoms with Crippen LogP contribution in [0.2, 0.25) is 5.02 Å². The van der Waals surface area contributed by atoms with Crippen molar-refractivity contribution in [3.8, 4) is 5.75 Å². The molecule has 0 saturated carbocycles. The summed E-state index contributed by atoms with van der Waals surface area (Å²) < 4.78 is 5.70. The first kappa shape index (κ1) is 18.2. The fourth-order valence-corrected chi connectivity index (χ4v) is 3.35. The predicted molar refractivity (Wildman–Crippen MR) is 98.3 cm³/mol. The number of carbonyl (C=O) groups excluding carboxylic acids is 1. The number of aromatic nitrogens is 2. The molecule has 1 aliphatic rings. The summed E-state index contributed by atoms with van der Waals surface area (Å²) >= 11 is 6.39. The highest BCUT2D eigenvalue weighted by Crippen LogP contribution is 2.36. The van der Waals surface area contributed by atoms with Crippen LogP contribution >= 0.6 is 11.6 Å². The topological polar surface area (TPSA) is 128 Å². The van der Waals surface area contributed by atoms with Crippen molar-refractivity contribution in [2.45, 2.75) is 19.4 Å². The molecule has 1 aliphatic heterocycles. The van der Waals surface area contributed by atoms with Gasteiger partial charge in [0.05, 0.1) is 18.2 Å². The minimum atomic E-state index is -0.746. The van der Waals surface area contributed by atoms with Crippen molar-refractivity contribution in [3.05, 3.63) is 40.0 Å². The van der Waals surface area contributed by atoms with Crippen LogP contribution in [0.3, 0.4) is 0 Å². The van der Waals surface area contributed by atoms with Gasteiger partial charge in [0.1, 0.15) is 11.6 Å². The van der Waals surface area contributed by atoms with Gasteiger partial charge in [-0.2, -0.15) is 4.98 Å². The second-order valence-electron chi connectivity index (χ2n) is 6.12. The number of primary amides is 1. The zero-order valence-electron chi connectivity index (χ0n) is 14.3. The number of hydrogen-bond acceptors (Lipinski definition) is 7. The summed E-state index contributed by atoms with van der Waals surface area (Å²) in [6.07, 6.45) is 0.794. The molecule has 5 N–H and O–H groups in total. The van der Waals surface area contributed by atoms with E-state index in [1.165, 1.54) is 12.1 Å². The Balaban J connectivity index is 2.07. The summed E-state index contributed by atoms with van der Waals surface area (Å²) in [7, 11) is 0. The maximum absolute atomic E-state index is 11.4. The van der Waals surface area contributed by atoms with Crippen molar-refractivity contribution in [1.29, 1.82) is 0 Å². The Kier molecular flexibility index (Phi) is 5.15. The number of halogens is 1. The molecule has 0 spiro atoms. The quantitative estimate of drug-likeness (QED) is 0.743. The maximum atomic E-state index is 11.4. The maximum Gasteiger partial charge on any atom is 0.252 e. The SMILES string of the molecule is Cc1cc(N2CCCOC[C@H]2c2cc(O)c(C(N)=O)cc2Cl)nc(N)n1. The Morgan fingerprint density at radius 2 is 2.15 bits per heavy atom. The molecule has 3 rings (SSSR count). The van der Waals surface area contributed by atoms with E-state index in [4.69, 9.17) is 27.8 Å². The van der Waals surface area contributed by atoms with Crippen molar-refractivity contribution in [3.63, 3.8) is 0 Å². The summed E-state index contributed by atoms with van der Waals surface area (Å²) in [6, 6.07) is 4.34. The number of benzene rings is 1. The van der Waals surface area contributed by atoms with E-state index in [9.17, 15) is 9.90 Å². The van der Waals surface area contributed by atoms with Crippen LogP contribution in [-0.4, -0.2) is 40.7 Å². The molecule has 0 unspecified atom stereocenters. The zero-order valence-corrected chi connectivity index (χ0v) is 15.0. The third kappa shape index (κ3) is 3.66. The summed E-state index contributed by atoms with van der Waals surface area (Å²) in [6.45, 7) is 3.44. The van der Waals surface area contributed by atoms with Crippen molar-refractivity contribution in [2.75, 3.05) is 30.4 Å². The van der Waals surface area contributed by atoms with E-state index in [2.05, 4.69) is 9.97 Å². The van der Waals surface area contributed by atoms with Crippen molar-refractivity contribution in [1.82, 2.24) is 9.97 Å². The molecule has 8 nitrogen and oxygen atoms in total. The van der Waals surface area contributed by atoms with E-state index < -0.39 is 5.91 Å². The average molecular weight is 378 g/mol. The number of aromatic hydroxyl groups is 1. The molecule has 0 bridgehead atoms. The van der Waals surface area contributed by atoms with Gasteiger partial charge in [0.2, 0.25) is 5.95 Å². The number of phenols is 1. The fourth-order valence-electron chi connectivity index (χ4n) is 3.06. The van der Waals surface area contributed by atoms with Gasteiger partial charge in [-0.25, -0.2) is 4.98 Å². The standard InChI is InChI=1S/C17H20ClN5O3/c1-9-5-15(22-17(20)21-9)23-3-2-4-26-8-13(23)10-7-14(24)11(16(19)25)6-12(10)18/h5-7,13,24H,2-4,8H2,1H3,(H2,19,25)(H2,20,21,22)/t13-/m0/s1. The predicted octanol–water partition coefficient (Wildman–Crippen LogP) is 1.79. The third-order valence-electron chi connectivity index (χ3n) is 4.23. The highest BCUT2D eigenvalue weighted by molar-refractivity contribution is 6.32. The molecule has 26 heavy (non-hydrogen) atoms. The molecule has 2 heterocycles. The van der Waals surface area contributed by atoms with Gasteiger partial charge in [-0.3, -0.25) is 4.79 Å². The van der Waals surface area contributed by atoms with Crippen LogP contribution in [0.1, 0.15) is 34.1 Å². The summed E-state index contributed by atoms with van der Waals surface area (Å²) in [5.41, 5.74) is 12.4. The Labute approximate surface area is 155 Å². The molecule has 1 aromatic heterocycles. The monoisotopic (exact) mass is 377 g/mol. The first-order chi connectivity index (χ1) is 12.4. The highest BCUT2D eigenvalue weighted by atomic mass is 35.5. The van der Waals surface area contributed by atoms with Crippen LogP contribution in [0.5, 0.6) is 5.75 Å². The summed E-state index contributed by atoms with van der Waals surface area (Å²) in [5, 5.41) is 10.5. The van der Waals surface area contributed by atoms with Crippen LogP contribution in [0, 0.1) is 6.92 Å². The van der Waals surface area contributed by atoms with Crippen LogP contribution < -0.4 is 16.4 Å². The first-order valence-corrected chi connectivity index (χ1v) is 8.52. The molecule has 1 atom stereocenters. The average Bonchev–Trinajstić information content (AvgIpc) is 2.81. The number of nitrogen functional groups attached to an aromatic ring is 1. The fraction of sp³-hybridized carbons (Fsp3) is 0.353. The molecule has 1 saturated heterocycles. The van der Waals surface area contributed by atoms with Gasteiger partial charge in [0.25, 0.3) is 5.91 Å². The van der Waals surface area contributed by atoms with Gasteiger partial charge < -0.3 is 26.2 Å². The first-order valence-electron chi connectivity index (χ1n) is 8.14. The van der Waals surface area contributed by atoms with Gasteiger partial charge in [0.15, 0.2) is 0 Å². The molecule has 1 aromatic carbocycles. The molecule has 2 aromatic rings. The van der Waals surface area contributed by atoms with Gasteiger partial charge >= 0.3 is 0 Å². The molecule has 138 valence electrons. The van der Waals surface area contributed by atoms with Crippen LogP contribution in [0.25, 0.3) is 0 Å². The lowest BCUT2D eigenvalue weighted by molar-refractivity contribution is 0.0997. The van der Waals surface area contributed by atoms with E-state index >= 15 is 0 Å². The lowest BCUT2D eigenvalue weighted by Gasteiger charge is -2.31. The van der Waals surface area contributed by atoms with Crippen molar-refractivity contribution in [2.24, 2.45) is 5.73 Å². The molecule has 1 amide bonds. The van der Waals surface area contributed by atoms with Crippen molar-refractivity contribution < 1.29 is 14.6 Å². The van der Waals surface area contributed by atoms with E-state index in [1.54, 1.807) is 0 Å². The van der Waals surface area contributed by atoms with Gasteiger partial charge in [-0.15, -0.1) is 0 Å².